The first kappa shape index (κ1) is 18.7. The van der Waals surface area contributed by atoms with E-state index in [4.69, 9.17) is 11.6 Å². The Hall–Kier alpha value is -1.10. The molecule has 156 valence electrons. The number of hydrogen-bond acceptors (Lipinski definition) is 3. The van der Waals surface area contributed by atoms with Crippen LogP contribution >= 0.6 is 11.6 Å². The molecule has 4 saturated carbocycles. The van der Waals surface area contributed by atoms with Gasteiger partial charge < -0.3 is 10.6 Å². The second-order valence-corrected chi connectivity index (χ2v) is 11.2. The smallest absolute Gasteiger partial charge is 0.252 e. The predicted molar refractivity (Wildman–Crippen MR) is 115 cm³/mol. The Morgan fingerprint density at radius 1 is 1.14 bits per heavy atom. The van der Waals surface area contributed by atoms with Gasteiger partial charge in [-0.1, -0.05) is 17.7 Å². The maximum Gasteiger partial charge on any atom is 0.252 e. The van der Waals surface area contributed by atoms with Crippen molar-refractivity contribution in [1.29, 1.82) is 0 Å². The van der Waals surface area contributed by atoms with Gasteiger partial charge in [-0.25, -0.2) is 0 Å². The molecule has 4 nitrogen and oxygen atoms in total. The molecule has 6 bridgehead atoms. The molecule has 29 heavy (non-hydrogen) atoms. The van der Waals surface area contributed by atoms with E-state index in [1.807, 2.05) is 12.1 Å². The zero-order valence-electron chi connectivity index (χ0n) is 17.1. The van der Waals surface area contributed by atoms with E-state index in [0.29, 0.717) is 28.1 Å². The standard InChI is InChI=1S/C24H32ClN3O/c25-22-2-1-15(12-28-13-19-7-20(28)11-26-19)6-21(22)23(29)27-14-24-8-16-3-17(9-24)5-18(4-16)10-24/h1-2,6,16-20,26H,3-5,7-14H2,(H,27,29)/t16?,17?,18?,19-,20-,24?/m0/s1. The Kier molecular flexibility index (Phi) is 4.48. The van der Waals surface area contributed by atoms with Crippen LogP contribution in [-0.4, -0.2) is 42.5 Å². The Morgan fingerprint density at radius 3 is 2.48 bits per heavy atom. The average Bonchev–Trinajstić information content (AvgIpc) is 3.30. The number of fused-ring (bicyclic) bond motifs is 2. The Labute approximate surface area is 178 Å². The van der Waals surface area contributed by atoms with Crippen molar-refractivity contribution in [2.75, 3.05) is 19.6 Å². The summed E-state index contributed by atoms with van der Waals surface area (Å²) in [6.45, 7) is 3.95. The topological polar surface area (TPSA) is 44.4 Å². The van der Waals surface area contributed by atoms with Gasteiger partial charge in [0.15, 0.2) is 0 Å². The second kappa shape index (κ2) is 6.96. The molecule has 1 amide bonds. The molecule has 5 heteroatoms. The first-order chi connectivity index (χ1) is 14.1. The molecule has 2 N–H and O–H groups in total. The Balaban J connectivity index is 1.13. The lowest BCUT2D eigenvalue weighted by Gasteiger charge is -2.56. The summed E-state index contributed by atoms with van der Waals surface area (Å²) in [6.07, 6.45) is 9.53. The zero-order chi connectivity index (χ0) is 19.6. The first-order valence-electron chi connectivity index (χ1n) is 11.6. The van der Waals surface area contributed by atoms with Gasteiger partial charge in [0.2, 0.25) is 0 Å². The first-order valence-corrected chi connectivity index (χ1v) is 12.0. The Morgan fingerprint density at radius 2 is 1.86 bits per heavy atom. The average molecular weight is 414 g/mol. The van der Waals surface area contributed by atoms with Gasteiger partial charge in [0.1, 0.15) is 0 Å². The van der Waals surface area contributed by atoms with E-state index < -0.39 is 0 Å². The number of likely N-dealkylation sites (tertiary alicyclic amines) is 1. The van der Waals surface area contributed by atoms with Gasteiger partial charge in [0, 0.05) is 38.3 Å². The van der Waals surface area contributed by atoms with Gasteiger partial charge in [-0.3, -0.25) is 9.69 Å². The minimum Gasteiger partial charge on any atom is -0.351 e. The van der Waals surface area contributed by atoms with Crippen LogP contribution in [0.1, 0.15) is 60.9 Å². The van der Waals surface area contributed by atoms with Crippen LogP contribution in [0.5, 0.6) is 0 Å². The van der Waals surface area contributed by atoms with E-state index in [9.17, 15) is 4.79 Å². The van der Waals surface area contributed by atoms with Crippen molar-refractivity contribution in [2.24, 2.45) is 23.2 Å². The second-order valence-electron chi connectivity index (χ2n) is 10.8. The van der Waals surface area contributed by atoms with E-state index in [1.54, 1.807) is 0 Å². The van der Waals surface area contributed by atoms with Gasteiger partial charge in [0.25, 0.3) is 5.91 Å². The lowest BCUT2D eigenvalue weighted by atomic mass is 9.49. The van der Waals surface area contributed by atoms with Gasteiger partial charge >= 0.3 is 0 Å². The minimum atomic E-state index is 0.0113. The van der Waals surface area contributed by atoms with Crippen molar-refractivity contribution in [3.05, 3.63) is 34.3 Å². The van der Waals surface area contributed by atoms with Crippen LogP contribution in [-0.2, 0) is 6.54 Å². The van der Waals surface area contributed by atoms with E-state index in [2.05, 4.69) is 21.6 Å². The lowest BCUT2D eigenvalue weighted by molar-refractivity contribution is -0.0503. The summed E-state index contributed by atoms with van der Waals surface area (Å²) in [7, 11) is 0. The molecule has 2 saturated heterocycles. The summed E-state index contributed by atoms with van der Waals surface area (Å²) < 4.78 is 0. The number of amides is 1. The van der Waals surface area contributed by atoms with Crippen LogP contribution in [0, 0.1) is 23.2 Å². The van der Waals surface area contributed by atoms with Crippen molar-refractivity contribution >= 4 is 17.5 Å². The number of halogens is 1. The van der Waals surface area contributed by atoms with Crippen LogP contribution in [0.3, 0.4) is 0 Å². The summed E-state index contributed by atoms with van der Waals surface area (Å²) in [5.74, 6) is 2.75. The molecule has 0 unspecified atom stereocenters. The molecule has 2 aliphatic heterocycles. The fraction of sp³-hybridized carbons (Fsp3) is 0.708. The molecule has 7 rings (SSSR count). The highest BCUT2D eigenvalue weighted by atomic mass is 35.5. The number of carbonyl (C=O) groups is 1. The highest BCUT2D eigenvalue weighted by Gasteiger charge is 2.50. The van der Waals surface area contributed by atoms with Crippen molar-refractivity contribution in [1.82, 2.24) is 15.5 Å². The maximum atomic E-state index is 13.1. The van der Waals surface area contributed by atoms with Crippen LogP contribution in [0.2, 0.25) is 5.02 Å². The molecular weight excluding hydrogens is 382 g/mol. The van der Waals surface area contributed by atoms with E-state index in [0.717, 1.165) is 43.9 Å². The molecule has 0 aromatic heterocycles. The van der Waals surface area contributed by atoms with Crippen molar-refractivity contribution in [2.45, 2.75) is 63.6 Å². The molecule has 2 heterocycles. The third-order valence-electron chi connectivity index (χ3n) is 8.62. The third kappa shape index (κ3) is 3.41. The zero-order valence-corrected chi connectivity index (χ0v) is 17.9. The number of hydrogen-bond donors (Lipinski definition) is 2. The fourth-order valence-electron chi connectivity index (χ4n) is 7.79. The molecule has 1 aromatic carbocycles. The van der Waals surface area contributed by atoms with Crippen LogP contribution in [0.4, 0.5) is 0 Å². The predicted octanol–water partition coefficient (Wildman–Crippen LogP) is 3.83. The van der Waals surface area contributed by atoms with Crippen LogP contribution in [0.15, 0.2) is 18.2 Å². The molecule has 1 aromatic rings. The fourth-order valence-corrected chi connectivity index (χ4v) is 7.99. The molecule has 0 radical (unpaired) electrons. The number of piperazine rings is 1. The van der Waals surface area contributed by atoms with Crippen LogP contribution in [0.25, 0.3) is 0 Å². The lowest BCUT2D eigenvalue weighted by Crippen LogP contribution is -2.51. The van der Waals surface area contributed by atoms with E-state index in [-0.39, 0.29) is 5.91 Å². The summed E-state index contributed by atoms with van der Waals surface area (Å²) in [6, 6.07) is 7.30. The third-order valence-corrected chi connectivity index (χ3v) is 8.95. The molecule has 4 aliphatic carbocycles. The van der Waals surface area contributed by atoms with Gasteiger partial charge in [-0.15, -0.1) is 0 Å². The number of carbonyl (C=O) groups excluding carboxylic acids is 1. The normalized spacial score (nSPS) is 40.0. The Bertz CT molecular complexity index is 789. The molecule has 6 fully saturated rings. The van der Waals surface area contributed by atoms with Gasteiger partial charge in [-0.2, -0.15) is 0 Å². The summed E-state index contributed by atoms with van der Waals surface area (Å²) in [5.41, 5.74) is 2.20. The SMILES string of the molecule is O=C(NCC12CC3CC(CC(C3)C1)C2)c1cc(CN2C[C@@H]3C[C@H]2CN3)ccc1Cl. The van der Waals surface area contributed by atoms with E-state index in [1.165, 1.54) is 50.5 Å². The molecular formula is C24H32ClN3O. The van der Waals surface area contributed by atoms with E-state index >= 15 is 0 Å². The highest BCUT2D eigenvalue weighted by Crippen LogP contribution is 2.59. The minimum absolute atomic E-state index is 0.0113. The highest BCUT2D eigenvalue weighted by molar-refractivity contribution is 6.33. The van der Waals surface area contributed by atoms with Crippen LogP contribution < -0.4 is 10.6 Å². The monoisotopic (exact) mass is 413 g/mol. The van der Waals surface area contributed by atoms with Gasteiger partial charge in [0.05, 0.1) is 10.6 Å². The number of nitrogens with zero attached hydrogens (tertiary/aromatic N) is 1. The van der Waals surface area contributed by atoms with Crippen molar-refractivity contribution in [3.8, 4) is 0 Å². The summed E-state index contributed by atoms with van der Waals surface area (Å²) >= 11 is 6.44. The quantitative estimate of drug-likeness (QED) is 0.771. The molecule has 0 spiro atoms. The molecule has 6 aliphatic rings. The number of nitrogens with one attached hydrogen (secondary N) is 2. The maximum absolute atomic E-state index is 13.1. The largest absolute Gasteiger partial charge is 0.351 e. The number of benzene rings is 1. The van der Waals surface area contributed by atoms with Gasteiger partial charge in [-0.05, 0) is 85.8 Å². The molecule has 2 atom stereocenters. The summed E-state index contributed by atoms with van der Waals surface area (Å²) in [5, 5.41) is 7.42. The van der Waals surface area contributed by atoms with Crippen molar-refractivity contribution in [3.63, 3.8) is 0 Å². The number of rotatable bonds is 5. The summed E-state index contributed by atoms with van der Waals surface area (Å²) in [4.78, 5) is 15.6. The van der Waals surface area contributed by atoms with Crippen molar-refractivity contribution < 1.29 is 4.79 Å².